The second-order valence-electron chi connectivity index (χ2n) is 5.33. The van der Waals surface area contributed by atoms with Crippen molar-refractivity contribution in [2.24, 2.45) is 11.0 Å². The van der Waals surface area contributed by atoms with Gasteiger partial charge in [-0.3, -0.25) is 19.7 Å². The van der Waals surface area contributed by atoms with Crippen LogP contribution in [-0.2, 0) is 4.79 Å². The number of anilines is 1. The normalized spacial score (nSPS) is 16.9. The highest BCUT2D eigenvalue weighted by molar-refractivity contribution is 6.30. The van der Waals surface area contributed by atoms with E-state index in [9.17, 15) is 19.7 Å². The molecule has 0 N–H and O–H groups in total. The summed E-state index contributed by atoms with van der Waals surface area (Å²) in [6, 6.07) is 14.0. The number of hydrogen-bond donors (Lipinski definition) is 0. The molecule has 0 aliphatic carbocycles. The molecule has 1 amide bonds. The van der Waals surface area contributed by atoms with Gasteiger partial charge in [0.1, 0.15) is 5.92 Å². The van der Waals surface area contributed by atoms with Gasteiger partial charge in [0.15, 0.2) is 5.78 Å². The number of non-ortho nitro benzene ring substituents is 1. The highest BCUT2D eigenvalue weighted by Crippen LogP contribution is 2.26. The van der Waals surface area contributed by atoms with Crippen LogP contribution in [0.15, 0.2) is 59.7 Å². The van der Waals surface area contributed by atoms with Gasteiger partial charge in [0.25, 0.3) is 11.6 Å². The SMILES string of the molecule is CC1=NN(c2ccccc2)C(=O)[C@@H]1C(=O)c1ccc([N+](=O)[O-])cc1. The molecule has 0 spiro atoms. The molecule has 1 aliphatic heterocycles. The standard InChI is InChI=1S/C17H13N3O4/c1-11-15(16(21)12-7-9-14(10-8-12)20(23)24)17(22)19(18-11)13-5-3-2-4-6-13/h2-10,15H,1H3/t15-/m0/s1. The minimum Gasteiger partial charge on any atom is -0.293 e. The molecular formula is C17H13N3O4. The van der Waals surface area contributed by atoms with Crippen LogP contribution >= 0.6 is 0 Å². The molecule has 2 aromatic rings. The van der Waals surface area contributed by atoms with Crippen molar-refractivity contribution in [2.45, 2.75) is 6.92 Å². The van der Waals surface area contributed by atoms with Gasteiger partial charge < -0.3 is 0 Å². The molecule has 0 saturated heterocycles. The van der Waals surface area contributed by atoms with Crippen LogP contribution in [0.2, 0.25) is 0 Å². The number of carbonyl (C=O) groups is 2. The molecule has 0 saturated carbocycles. The van der Waals surface area contributed by atoms with E-state index in [1.807, 2.05) is 6.07 Å². The Morgan fingerprint density at radius 2 is 1.75 bits per heavy atom. The summed E-state index contributed by atoms with van der Waals surface area (Å²) in [7, 11) is 0. The summed E-state index contributed by atoms with van der Waals surface area (Å²) in [6.07, 6.45) is 0. The third-order valence-electron chi connectivity index (χ3n) is 3.76. The Bertz CT molecular complexity index is 844. The number of para-hydroxylation sites is 1. The van der Waals surface area contributed by atoms with Crippen molar-refractivity contribution in [3.8, 4) is 0 Å². The van der Waals surface area contributed by atoms with E-state index < -0.39 is 22.5 Å². The summed E-state index contributed by atoms with van der Waals surface area (Å²) in [6.45, 7) is 1.62. The summed E-state index contributed by atoms with van der Waals surface area (Å²) >= 11 is 0. The van der Waals surface area contributed by atoms with Crippen molar-refractivity contribution in [3.05, 3.63) is 70.3 Å². The number of hydrazone groups is 1. The smallest absolute Gasteiger partial charge is 0.269 e. The zero-order valence-corrected chi connectivity index (χ0v) is 12.7. The number of nitro benzene ring substituents is 1. The predicted molar refractivity (Wildman–Crippen MR) is 88.0 cm³/mol. The minimum atomic E-state index is -1.01. The molecule has 1 atom stereocenters. The Morgan fingerprint density at radius 3 is 2.33 bits per heavy atom. The fourth-order valence-corrected chi connectivity index (χ4v) is 2.54. The van der Waals surface area contributed by atoms with Crippen LogP contribution in [0, 0.1) is 16.0 Å². The van der Waals surface area contributed by atoms with Gasteiger partial charge in [-0.2, -0.15) is 10.1 Å². The second kappa shape index (κ2) is 6.04. The number of nitrogens with zero attached hydrogens (tertiary/aromatic N) is 3. The van der Waals surface area contributed by atoms with Crippen molar-refractivity contribution in [3.63, 3.8) is 0 Å². The third-order valence-corrected chi connectivity index (χ3v) is 3.76. The first kappa shape index (κ1) is 15.5. The van der Waals surface area contributed by atoms with Crippen LogP contribution in [0.1, 0.15) is 17.3 Å². The summed E-state index contributed by atoms with van der Waals surface area (Å²) in [5.74, 6) is -1.86. The molecule has 24 heavy (non-hydrogen) atoms. The molecule has 7 nitrogen and oxygen atoms in total. The fourth-order valence-electron chi connectivity index (χ4n) is 2.54. The van der Waals surface area contributed by atoms with Crippen LogP contribution in [0.4, 0.5) is 11.4 Å². The maximum Gasteiger partial charge on any atom is 0.269 e. The van der Waals surface area contributed by atoms with Crippen molar-refractivity contribution >= 4 is 28.8 Å². The first-order chi connectivity index (χ1) is 11.5. The fraction of sp³-hybridized carbons (Fsp3) is 0.118. The molecule has 1 aliphatic rings. The lowest BCUT2D eigenvalue weighted by Gasteiger charge is -2.13. The summed E-state index contributed by atoms with van der Waals surface area (Å²) in [4.78, 5) is 35.4. The van der Waals surface area contributed by atoms with Crippen LogP contribution in [0.25, 0.3) is 0 Å². The zero-order chi connectivity index (χ0) is 17.3. The molecule has 3 rings (SSSR count). The third kappa shape index (κ3) is 2.67. The van der Waals surface area contributed by atoms with E-state index in [4.69, 9.17) is 0 Å². The van der Waals surface area contributed by atoms with E-state index in [2.05, 4.69) is 5.10 Å². The largest absolute Gasteiger partial charge is 0.293 e. The Kier molecular flexibility index (Phi) is 3.91. The Labute approximate surface area is 137 Å². The van der Waals surface area contributed by atoms with Gasteiger partial charge in [-0.05, 0) is 31.2 Å². The highest BCUT2D eigenvalue weighted by Gasteiger charge is 2.39. The van der Waals surface area contributed by atoms with Crippen LogP contribution in [0.3, 0.4) is 0 Å². The average Bonchev–Trinajstić information content (AvgIpc) is 2.89. The topological polar surface area (TPSA) is 92.9 Å². The van der Waals surface area contributed by atoms with E-state index in [1.54, 1.807) is 31.2 Å². The van der Waals surface area contributed by atoms with Crippen molar-refractivity contribution in [1.82, 2.24) is 0 Å². The quantitative estimate of drug-likeness (QED) is 0.374. The lowest BCUT2D eigenvalue weighted by Crippen LogP contribution is -2.32. The molecule has 0 fully saturated rings. The minimum absolute atomic E-state index is 0.111. The van der Waals surface area contributed by atoms with Crippen LogP contribution < -0.4 is 5.01 Å². The van der Waals surface area contributed by atoms with E-state index in [-0.39, 0.29) is 11.3 Å². The molecule has 7 heteroatoms. The van der Waals surface area contributed by atoms with Gasteiger partial charge in [-0.15, -0.1) is 0 Å². The average molecular weight is 323 g/mol. The van der Waals surface area contributed by atoms with E-state index in [1.165, 1.54) is 29.3 Å². The van der Waals surface area contributed by atoms with Crippen molar-refractivity contribution in [2.75, 3.05) is 5.01 Å². The Balaban J connectivity index is 1.87. The molecule has 0 radical (unpaired) electrons. The van der Waals surface area contributed by atoms with Gasteiger partial charge in [0, 0.05) is 17.7 Å². The Morgan fingerprint density at radius 1 is 1.12 bits per heavy atom. The lowest BCUT2D eigenvalue weighted by atomic mass is 9.93. The number of hydrogen-bond acceptors (Lipinski definition) is 5. The number of rotatable bonds is 4. The van der Waals surface area contributed by atoms with E-state index in [0.29, 0.717) is 11.4 Å². The first-order valence-electron chi connectivity index (χ1n) is 7.22. The number of Topliss-reactive ketones (excluding diaryl/α,β-unsaturated/α-hetero) is 1. The van der Waals surface area contributed by atoms with Crippen molar-refractivity contribution < 1.29 is 14.5 Å². The summed E-state index contributed by atoms with van der Waals surface area (Å²) in [5, 5.41) is 16.1. The summed E-state index contributed by atoms with van der Waals surface area (Å²) in [5.41, 5.74) is 1.11. The molecular weight excluding hydrogens is 310 g/mol. The number of benzene rings is 2. The maximum atomic E-state index is 12.6. The van der Waals surface area contributed by atoms with Crippen molar-refractivity contribution in [1.29, 1.82) is 0 Å². The monoisotopic (exact) mass is 323 g/mol. The van der Waals surface area contributed by atoms with Crippen LogP contribution in [0.5, 0.6) is 0 Å². The molecule has 120 valence electrons. The Hall–Kier alpha value is -3.35. The maximum absolute atomic E-state index is 12.6. The zero-order valence-electron chi connectivity index (χ0n) is 12.7. The number of ketones is 1. The predicted octanol–water partition coefficient (Wildman–Crippen LogP) is 2.82. The van der Waals surface area contributed by atoms with Gasteiger partial charge in [0.2, 0.25) is 0 Å². The molecule has 1 heterocycles. The summed E-state index contributed by atoms with van der Waals surface area (Å²) < 4.78 is 0. The van der Waals surface area contributed by atoms with Gasteiger partial charge in [-0.25, -0.2) is 0 Å². The van der Waals surface area contributed by atoms with Gasteiger partial charge >= 0.3 is 0 Å². The van der Waals surface area contributed by atoms with Gasteiger partial charge in [0.05, 0.1) is 16.3 Å². The lowest BCUT2D eigenvalue weighted by molar-refractivity contribution is -0.384. The first-order valence-corrected chi connectivity index (χ1v) is 7.22. The number of carbonyl (C=O) groups excluding carboxylic acids is 2. The highest BCUT2D eigenvalue weighted by atomic mass is 16.6. The van der Waals surface area contributed by atoms with Crippen LogP contribution in [-0.4, -0.2) is 22.3 Å². The van der Waals surface area contributed by atoms with E-state index in [0.717, 1.165) is 0 Å². The van der Waals surface area contributed by atoms with Gasteiger partial charge in [-0.1, -0.05) is 18.2 Å². The molecule has 2 aromatic carbocycles. The van der Waals surface area contributed by atoms with E-state index >= 15 is 0 Å². The number of amides is 1. The molecule has 0 bridgehead atoms. The second-order valence-corrected chi connectivity index (χ2v) is 5.33. The molecule has 0 unspecified atom stereocenters. The number of nitro groups is 1. The molecule has 0 aromatic heterocycles.